The van der Waals surface area contributed by atoms with Gasteiger partial charge in [-0.05, 0) is 17.5 Å². The van der Waals surface area contributed by atoms with E-state index in [2.05, 4.69) is 6.07 Å². The Morgan fingerprint density at radius 1 is 1.15 bits per heavy atom. The van der Waals surface area contributed by atoms with Crippen molar-refractivity contribution in [1.29, 1.82) is 5.26 Å². The molecule has 0 unspecified atom stereocenters. The normalized spacial score (nSPS) is 10.4. The van der Waals surface area contributed by atoms with E-state index in [4.69, 9.17) is 17.3 Å². The van der Waals surface area contributed by atoms with E-state index in [9.17, 15) is 5.26 Å². The van der Waals surface area contributed by atoms with Crippen molar-refractivity contribution in [3.63, 3.8) is 0 Å². The molecule has 0 fully saturated rings. The van der Waals surface area contributed by atoms with Crippen LogP contribution in [0.15, 0.2) is 41.8 Å². The van der Waals surface area contributed by atoms with Crippen LogP contribution in [0, 0.1) is 11.3 Å². The van der Waals surface area contributed by atoms with Gasteiger partial charge in [0.25, 0.3) is 0 Å². The lowest BCUT2D eigenvalue weighted by Gasteiger charge is -2.05. The molecule has 0 amide bonds. The van der Waals surface area contributed by atoms with Crippen LogP contribution in [0.4, 0.5) is 5.69 Å². The predicted molar refractivity (Wildman–Crippen MR) is 87.2 cm³/mol. The Balaban J connectivity index is 2.32. The van der Waals surface area contributed by atoms with E-state index in [0.717, 1.165) is 20.9 Å². The summed E-state index contributed by atoms with van der Waals surface area (Å²) in [6.45, 7) is 0. The summed E-state index contributed by atoms with van der Waals surface area (Å²) in [5.74, 6) is 0. The number of hydrogen-bond donors (Lipinski definition) is 1. The molecule has 0 radical (unpaired) electrons. The Kier molecular flexibility index (Phi) is 3.49. The maximum atomic E-state index is 9.22. The standard InChI is InChI=1S/C15H9ClN2S2/c16-10-5-2-1-4-9(10)15-13(11-6-3-7-19-11)14(18)12(8-17)20-15/h1-7H,18H2. The third-order valence-corrected chi connectivity index (χ3v) is 5.29. The van der Waals surface area contributed by atoms with E-state index < -0.39 is 0 Å². The first-order valence-electron chi connectivity index (χ1n) is 5.83. The smallest absolute Gasteiger partial charge is 0.129 e. The summed E-state index contributed by atoms with van der Waals surface area (Å²) in [4.78, 5) is 2.53. The van der Waals surface area contributed by atoms with Crippen LogP contribution in [0.1, 0.15) is 4.88 Å². The zero-order valence-electron chi connectivity index (χ0n) is 10.3. The minimum Gasteiger partial charge on any atom is -0.396 e. The van der Waals surface area contributed by atoms with Crippen molar-refractivity contribution in [1.82, 2.24) is 0 Å². The molecule has 0 bridgehead atoms. The maximum absolute atomic E-state index is 9.22. The van der Waals surface area contributed by atoms with Crippen LogP contribution >= 0.6 is 34.3 Å². The number of anilines is 1. The molecule has 2 aromatic heterocycles. The Morgan fingerprint density at radius 2 is 1.95 bits per heavy atom. The van der Waals surface area contributed by atoms with Crippen molar-refractivity contribution >= 4 is 40.0 Å². The minimum atomic E-state index is 0.531. The third kappa shape index (κ3) is 2.10. The number of nitriles is 1. The summed E-state index contributed by atoms with van der Waals surface area (Å²) in [7, 11) is 0. The fraction of sp³-hybridized carbons (Fsp3) is 0. The van der Waals surface area contributed by atoms with Crippen molar-refractivity contribution in [2.75, 3.05) is 5.73 Å². The van der Waals surface area contributed by atoms with Gasteiger partial charge in [-0.2, -0.15) is 5.26 Å². The van der Waals surface area contributed by atoms with Crippen molar-refractivity contribution in [3.05, 3.63) is 51.7 Å². The minimum absolute atomic E-state index is 0.531. The molecule has 0 saturated carbocycles. The molecule has 3 rings (SSSR count). The molecule has 20 heavy (non-hydrogen) atoms. The van der Waals surface area contributed by atoms with Crippen LogP contribution < -0.4 is 5.73 Å². The van der Waals surface area contributed by atoms with Crippen molar-refractivity contribution in [3.8, 4) is 27.0 Å². The van der Waals surface area contributed by atoms with Gasteiger partial charge in [0.15, 0.2) is 0 Å². The van der Waals surface area contributed by atoms with Gasteiger partial charge in [0.05, 0.1) is 5.69 Å². The molecular formula is C15H9ClN2S2. The zero-order chi connectivity index (χ0) is 14.1. The first kappa shape index (κ1) is 13.2. The summed E-state index contributed by atoms with van der Waals surface area (Å²) >= 11 is 9.27. The zero-order valence-corrected chi connectivity index (χ0v) is 12.6. The van der Waals surface area contributed by atoms with Gasteiger partial charge in [0.1, 0.15) is 10.9 Å². The number of rotatable bonds is 2. The van der Waals surface area contributed by atoms with Crippen LogP contribution in [-0.4, -0.2) is 0 Å². The Bertz CT molecular complexity index is 798. The number of halogens is 1. The average molecular weight is 317 g/mol. The summed E-state index contributed by atoms with van der Waals surface area (Å²) in [6, 6.07) is 13.8. The monoisotopic (exact) mass is 316 g/mol. The predicted octanol–water partition coefficient (Wildman–Crippen LogP) is 5.25. The molecule has 0 saturated heterocycles. The summed E-state index contributed by atoms with van der Waals surface area (Å²) in [6.07, 6.45) is 0. The molecule has 3 aromatic rings. The fourth-order valence-electron chi connectivity index (χ4n) is 2.03. The Morgan fingerprint density at radius 3 is 2.60 bits per heavy atom. The largest absolute Gasteiger partial charge is 0.396 e. The molecule has 0 spiro atoms. The average Bonchev–Trinajstić information content (AvgIpc) is 3.06. The lowest BCUT2D eigenvalue weighted by Crippen LogP contribution is -1.88. The van der Waals surface area contributed by atoms with E-state index in [1.54, 1.807) is 11.3 Å². The lowest BCUT2D eigenvalue weighted by molar-refractivity contribution is 1.52. The second-order valence-electron chi connectivity index (χ2n) is 4.12. The van der Waals surface area contributed by atoms with E-state index in [1.807, 2.05) is 41.8 Å². The first-order chi connectivity index (χ1) is 9.72. The number of nitrogens with two attached hydrogens (primary N) is 1. The first-order valence-corrected chi connectivity index (χ1v) is 7.91. The molecule has 0 aliphatic rings. The number of thiophene rings is 2. The van der Waals surface area contributed by atoms with Crippen LogP contribution in [0.2, 0.25) is 5.02 Å². The molecule has 0 atom stereocenters. The van der Waals surface area contributed by atoms with E-state index in [-0.39, 0.29) is 0 Å². The van der Waals surface area contributed by atoms with Gasteiger partial charge in [-0.1, -0.05) is 35.9 Å². The van der Waals surface area contributed by atoms with E-state index in [0.29, 0.717) is 15.6 Å². The summed E-state index contributed by atoms with van der Waals surface area (Å²) in [5.41, 5.74) is 8.51. The summed E-state index contributed by atoms with van der Waals surface area (Å²) in [5, 5.41) is 11.9. The molecule has 0 aliphatic carbocycles. The SMILES string of the molecule is N#Cc1sc(-c2ccccc2Cl)c(-c2cccs2)c1N. The van der Waals surface area contributed by atoms with Crippen LogP contribution in [0.3, 0.4) is 0 Å². The highest BCUT2D eigenvalue weighted by atomic mass is 35.5. The van der Waals surface area contributed by atoms with Crippen LogP contribution in [0.5, 0.6) is 0 Å². The maximum Gasteiger partial charge on any atom is 0.129 e. The van der Waals surface area contributed by atoms with Crippen LogP contribution in [0.25, 0.3) is 20.9 Å². The van der Waals surface area contributed by atoms with Crippen molar-refractivity contribution in [2.24, 2.45) is 0 Å². The molecule has 98 valence electrons. The van der Waals surface area contributed by atoms with Gasteiger partial charge in [0.2, 0.25) is 0 Å². The van der Waals surface area contributed by atoms with Gasteiger partial charge >= 0.3 is 0 Å². The number of nitrogens with zero attached hydrogens (tertiary/aromatic N) is 1. The van der Waals surface area contributed by atoms with E-state index >= 15 is 0 Å². The highest BCUT2D eigenvalue weighted by Gasteiger charge is 2.20. The highest BCUT2D eigenvalue weighted by molar-refractivity contribution is 7.19. The third-order valence-electron chi connectivity index (χ3n) is 2.93. The Labute approximate surface area is 129 Å². The quantitative estimate of drug-likeness (QED) is 0.702. The second-order valence-corrected chi connectivity index (χ2v) is 6.49. The molecule has 2 heterocycles. The van der Waals surface area contributed by atoms with Gasteiger partial charge < -0.3 is 5.73 Å². The highest BCUT2D eigenvalue weighted by Crippen LogP contribution is 2.47. The molecule has 5 heteroatoms. The topological polar surface area (TPSA) is 49.8 Å². The van der Waals surface area contributed by atoms with Gasteiger partial charge in [-0.15, -0.1) is 22.7 Å². The Hall–Kier alpha value is -1.80. The number of benzene rings is 1. The number of nitrogen functional groups attached to an aromatic ring is 1. The molecule has 2 N–H and O–H groups in total. The van der Waals surface area contributed by atoms with Gasteiger partial charge in [-0.3, -0.25) is 0 Å². The molecular weight excluding hydrogens is 308 g/mol. The summed E-state index contributed by atoms with van der Waals surface area (Å²) < 4.78 is 0. The van der Waals surface area contributed by atoms with Crippen molar-refractivity contribution in [2.45, 2.75) is 0 Å². The van der Waals surface area contributed by atoms with Gasteiger partial charge in [0, 0.05) is 25.9 Å². The van der Waals surface area contributed by atoms with Crippen molar-refractivity contribution < 1.29 is 0 Å². The fourth-order valence-corrected chi connectivity index (χ4v) is 4.24. The van der Waals surface area contributed by atoms with E-state index in [1.165, 1.54) is 11.3 Å². The second kappa shape index (κ2) is 5.29. The molecule has 0 aliphatic heterocycles. The molecule has 1 aromatic carbocycles. The molecule has 2 nitrogen and oxygen atoms in total. The van der Waals surface area contributed by atoms with Crippen LogP contribution in [-0.2, 0) is 0 Å². The van der Waals surface area contributed by atoms with Gasteiger partial charge in [-0.25, -0.2) is 0 Å². The lowest BCUT2D eigenvalue weighted by atomic mass is 10.1. The number of hydrogen-bond acceptors (Lipinski definition) is 4.